The maximum absolute atomic E-state index is 12.5. The smallest absolute Gasteiger partial charge is 0.227 e. The van der Waals surface area contributed by atoms with Crippen molar-refractivity contribution in [2.45, 2.75) is 25.8 Å². The van der Waals surface area contributed by atoms with Crippen molar-refractivity contribution in [3.8, 4) is 0 Å². The Bertz CT molecular complexity index is 618. The highest BCUT2D eigenvalue weighted by Gasteiger charge is 2.27. The average Bonchev–Trinajstić information content (AvgIpc) is 2.91. The van der Waals surface area contributed by atoms with Gasteiger partial charge < -0.3 is 10.6 Å². The second kappa shape index (κ2) is 5.29. The van der Waals surface area contributed by atoms with Crippen molar-refractivity contribution in [3.63, 3.8) is 0 Å². The number of carbonyl (C=O) groups is 1. The molecule has 3 rings (SSSR count). The highest BCUT2D eigenvalue weighted by Crippen LogP contribution is 2.33. The fourth-order valence-electron chi connectivity index (χ4n) is 2.76. The number of amides is 1. The Morgan fingerprint density at radius 2 is 2.10 bits per heavy atom. The molecule has 2 N–H and O–H groups in total. The van der Waals surface area contributed by atoms with Gasteiger partial charge in [-0.2, -0.15) is 0 Å². The molecule has 1 atom stereocenters. The zero-order valence-electron chi connectivity index (χ0n) is 11.5. The van der Waals surface area contributed by atoms with Crippen LogP contribution in [-0.4, -0.2) is 17.4 Å². The summed E-state index contributed by atoms with van der Waals surface area (Å²) in [7, 11) is 0. The number of nitrogens with two attached hydrogens (primary N) is 1. The van der Waals surface area contributed by atoms with Gasteiger partial charge in [-0.15, -0.1) is 11.3 Å². The number of carbonyl (C=O) groups excluding carboxylic acids is 1. The minimum absolute atomic E-state index is 0.186. The predicted molar refractivity (Wildman–Crippen MR) is 82.7 cm³/mol. The maximum Gasteiger partial charge on any atom is 0.227 e. The van der Waals surface area contributed by atoms with Crippen LogP contribution in [0.1, 0.15) is 29.0 Å². The number of nitrogen functional groups attached to an aromatic ring is 1. The zero-order chi connectivity index (χ0) is 14.1. The second-order valence-electron chi connectivity index (χ2n) is 5.23. The van der Waals surface area contributed by atoms with Gasteiger partial charge in [-0.1, -0.05) is 12.1 Å². The molecule has 1 aromatic carbocycles. The maximum atomic E-state index is 12.5. The Labute approximate surface area is 123 Å². The van der Waals surface area contributed by atoms with E-state index in [0.29, 0.717) is 6.42 Å². The van der Waals surface area contributed by atoms with E-state index in [4.69, 9.17) is 5.73 Å². The summed E-state index contributed by atoms with van der Waals surface area (Å²) < 4.78 is 0. The van der Waals surface area contributed by atoms with E-state index in [1.54, 1.807) is 11.3 Å². The Balaban J connectivity index is 1.73. The minimum atomic E-state index is 0.186. The van der Waals surface area contributed by atoms with E-state index in [2.05, 4.69) is 18.4 Å². The first-order valence-corrected chi connectivity index (χ1v) is 7.73. The lowest BCUT2D eigenvalue weighted by Crippen LogP contribution is -2.39. The van der Waals surface area contributed by atoms with Crippen LogP contribution in [0.4, 0.5) is 5.69 Å². The summed E-state index contributed by atoms with van der Waals surface area (Å²) in [5, 5.41) is 2.12. The van der Waals surface area contributed by atoms with Gasteiger partial charge >= 0.3 is 0 Å². The van der Waals surface area contributed by atoms with Crippen molar-refractivity contribution in [1.29, 1.82) is 0 Å². The Morgan fingerprint density at radius 1 is 1.35 bits per heavy atom. The van der Waals surface area contributed by atoms with Crippen molar-refractivity contribution in [1.82, 2.24) is 4.90 Å². The average molecular weight is 286 g/mol. The molecule has 4 heteroatoms. The van der Waals surface area contributed by atoms with Gasteiger partial charge in [0.25, 0.3) is 0 Å². The molecule has 3 nitrogen and oxygen atoms in total. The van der Waals surface area contributed by atoms with Crippen LogP contribution in [0, 0.1) is 0 Å². The Morgan fingerprint density at radius 3 is 2.85 bits per heavy atom. The van der Waals surface area contributed by atoms with Gasteiger partial charge in [0, 0.05) is 17.1 Å². The summed E-state index contributed by atoms with van der Waals surface area (Å²) in [6.45, 7) is 2.94. The third kappa shape index (κ3) is 2.43. The fourth-order valence-corrected chi connectivity index (χ4v) is 3.72. The van der Waals surface area contributed by atoms with E-state index in [1.165, 1.54) is 10.4 Å². The van der Waals surface area contributed by atoms with Gasteiger partial charge in [0.2, 0.25) is 5.91 Å². The lowest BCUT2D eigenvalue weighted by molar-refractivity contribution is -0.133. The Hall–Kier alpha value is -1.81. The Kier molecular flexibility index (Phi) is 3.49. The van der Waals surface area contributed by atoms with E-state index < -0.39 is 0 Å². The molecule has 0 saturated carbocycles. The van der Waals surface area contributed by atoms with E-state index >= 15 is 0 Å². The number of hydrogen-bond acceptors (Lipinski definition) is 3. The summed E-state index contributed by atoms with van der Waals surface area (Å²) in [4.78, 5) is 15.9. The molecule has 0 radical (unpaired) electrons. The number of hydrogen-bond donors (Lipinski definition) is 1. The van der Waals surface area contributed by atoms with Crippen molar-refractivity contribution in [3.05, 3.63) is 51.7 Å². The van der Waals surface area contributed by atoms with Crippen LogP contribution in [0.3, 0.4) is 0 Å². The SMILES string of the molecule is CC1c2ccsc2CCN1C(=O)Cc1ccc(N)cc1. The normalized spacial score (nSPS) is 17.9. The van der Waals surface area contributed by atoms with Gasteiger partial charge in [0.1, 0.15) is 0 Å². The van der Waals surface area contributed by atoms with Gasteiger partial charge in [0.15, 0.2) is 0 Å². The molecule has 1 amide bonds. The van der Waals surface area contributed by atoms with Gasteiger partial charge in [0.05, 0.1) is 12.5 Å². The molecule has 104 valence electrons. The topological polar surface area (TPSA) is 46.3 Å². The van der Waals surface area contributed by atoms with Crippen LogP contribution >= 0.6 is 11.3 Å². The molecule has 1 aliphatic heterocycles. The number of thiophene rings is 1. The molecule has 1 unspecified atom stereocenters. The van der Waals surface area contributed by atoms with Crippen LogP contribution in [0.2, 0.25) is 0 Å². The largest absolute Gasteiger partial charge is 0.399 e. The lowest BCUT2D eigenvalue weighted by Gasteiger charge is -2.33. The monoisotopic (exact) mass is 286 g/mol. The second-order valence-corrected chi connectivity index (χ2v) is 6.23. The third-order valence-electron chi connectivity index (χ3n) is 3.93. The summed E-state index contributed by atoms with van der Waals surface area (Å²) in [5.41, 5.74) is 8.73. The predicted octanol–water partition coefficient (Wildman–Crippen LogP) is 3.02. The summed E-state index contributed by atoms with van der Waals surface area (Å²) in [5.74, 6) is 0.194. The number of nitrogens with zero attached hydrogens (tertiary/aromatic N) is 1. The highest BCUT2D eigenvalue weighted by atomic mass is 32.1. The first-order chi connectivity index (χ1) is 9.65. The molecule has 1 aromatic heterocycles. The van der Waals surface area contributed by atoms with Crippen LogP contribution in [0.5, 0.6) is 0 Å². The number of fused-ring (bicyclic) bond motifs is 1. The first-order valence-electron chi connectivity index (χ1n) is 6.85. The van der Waals surface area contributed by atoms with Crippen LogP contribution < -0.4 is 5.73 Å². The van der Waals surface area contributed by atoms with Crippen LogP contribution in [-0.2, 0) is 17.6 Å². The molecule has 0 fully saturated rings. The molecule has 0 bridgehead atoms. The lowest BCUT2D eigenvalue weighted by atomic mass is 10.0. The van der Waals surface area contributed by atoms with E-state index in [-0.39, 0.29) is 11.9 Å². The molecule has 20 heavy (non-hydrogen) atoms. The van der Waals surface area contributed by atoms with Gasteiger partial charge in [-0.05, 0) is 48.1 Å². The summed E-state index contributed by atoms with van der Waals surface area (Å²) in [6, 6.07) is 9.88. The highest BCUT2D eigenvalue weighted by molar-refractivity contribution is 7.10. The molecular weight excluding hydrogens is 268 g/mol. The fraction of sp³-hybridized carbons (Fsp3) is 0.312. The molecular formula is C16H18N2OS. The quantitative estimate of drug-likeness (QED) is 0.863. The van der Waals surface area contributed by atoms with Gasteiger partial charge in [-0.25, -0.2) is 0 Å². The number of benzene rings is 1. The molecule has 2 heterocycles. The summed E-state index contributed by atoms with van der Waals surface area (Å²) >= 11 is 1.80. The molecule has 0 saturated heterocycles. The number of anilines is 1. The molecule has 0 aliphatic carbocycles. The zero-order valence-corrected chi connectivity index (χ0v) is 12.3. The van der Waals surface area contributed by atoms with Crippen molar-refractivity contribution in [2.75, 3.05) is 12.3 Å². The van der Waals surface area contributed by atoms with Crippen LogP contribution in [0.15, 0.2) is 35.7 Å². The van der Waals surface area contributed by atoms with Crippen molar-refractivity contribution >= 4 is 22.9 Å². The summed E-state index contributed by atoms with van der Waals surface area (Å²) in [6.07, 6.45) is 1.43. The standard InChI is InChI=1S/C16H18N2OS/c1-11-14-7-9-20-15(14)6-8-18(11)16(19)10-12-2-4-13(17)5-3-12/h2-5,7,9,11H,6,8,10,17H2,1H3. The van der Waals surface area contributed by atoms with Crippen molar-refractivity contribution in [2.24, 2.45) is 0 Å². The van der Waals surface area contributed by atoms with E-state index in [9.17, 15) is 4.79 Å². The van der Waals surface area contributed by atoms with E-state index in [1.807, 2.05) is 29.2 Å². The first kappa shape index (κ1) is 13.2. The third-order valence-corrected chi connectivity index (χ3v) is 4.93. The van der Waals surface area contributed by atoms with Gasteiger partial charge in [-0.3, -0.25) is 4.79 Å². The minimum Gasteiger partial charge on any atom is -0.399 e. The molecule has 2 aromatic rings. The van der Waals surface area contributed by atoms with Crippen LogP contribution in [0.25, 0.3) is 0 Å². The molecule has 1 aliphatic rings. The van der Waals surface area contributed by atoms with Crippen molar-refractivity contribution < 1.29 is 4.79 Å². The van der Waals surface area contributed by atoms with E-state index in [0.717, 1.165) is 24.2 Å². The number of rotatable bonds is 2. The molecule has 0 spiro atoms.